The number of nitrogens with two attached hydrogens (primary N) is 1. The summed E-state index contributed by atoms with van der Waals surface area (Å²) < 4.78 is 0. The fourth-order valence-electron chi connectivity index (χ4n) is 3.00. The van der Waals surface area contributed by atoms with Crippen LogP contribution < -0.4 is 5.73 Å². The molecule has 1 aromatic rings. The minimum Gasteiger partial charge on any atom is -0.320 e. The Morgan fingerprint density at radius 3 is 2.50 bits per heavy atom. The van der Waals surface area contributed by atoms with Crippen LogP contribution in [0.5, 0.6) is 0 Å². The molecule has 0 radical (unpaired) electrons. The maximum Gasteiger partial charge on any atom is 0.0544 e. The van der Waals surface area contributed by atoms with E-state index in [2.05, 4.69) is 49.9 Å². The number of fused-ring (bicyclic) bond motifs is 1. The Balaban J connectivity index is 2.35. The van der Waals surface area contributed by atoms with Crippen molar-refractivity contribution in [3.63, 3.8) is 0 Å². The highest BCUT2D eigenvalue weighted by atomic mass is 15.2. The van der Waals surface area contributed by atoms with Gasteiger partial charge in [-0.2, -0.15) is 0 Å². The van der Waals surface area contributed by atoms with E-state index in [1.165, 1.54) is 11.1 Å². The van der Waals surface area contributed by atoms with Crippen molar-refractivity contribution in [1.29, 1.82) is 0 Å². The predicted molar refractivity (Wildman–Crippen MR) is 68.4 cm³/mol. The van der Waals surface area contributed by atoms with Crippen molar-refractivity contribution in [3.8, 4) is 0 Å². The smallest absolute Gasteiger partial charge is 0.0544 e. The second-order valence-corrected chi connectivity index (χ2v) is 4.88. The molecule has 1 aliphatic rings. The zero-order valence-electron chi connectivity index (χ0n) is 10.5. The Bertz CT molecular complexity index is 367. The Morgan fingerprint density at radius 2 is 1.94 bits per heavy atom. The number of likely N-dealkylation sites (N-methyl/N-ethyl adjacent to an activating group) is 1. The molecule has 2 rings (SSSR count). The van der Waals surface area contributed by atoms with Crippen LogP contribution in [-0.2, 0) is 12.0 Å². The van der Waals surface area contributed by atoms with Gasteiger partial charge in [0.25, 0.3) is 0 Å². The number of nitrogens with zero attached hydrogens (tertiary/aromatic N) is 1. The van der Waals surface area contributed by atoms with Crippen molar-refractivity contribution in [1.82, 2.24) is 4.90 Å². The third-order valence-corrected chi connectivity index (χ3v) is 3.96. The first kappa shape index (κ1) is 11.6. The average Bonchev–Trinajstić information content (AvgIpc) is 2.54. The van der Waals surface area contributed by atoms with Gasteiger partial charge >= 0.3 is 0 Å². The van der Waals surface area contributed by atoms with Gasteiger partial charge in [-0.1, -0.05) is 38.1 Å². The molecule has 0 saturated heterocycles. The van der Waals surface area contributed by atoms with E-state index < -0.39 is 0 Å². The Labute approximate surface area is 98.4 Å². The minimum atomic E-state index is -0.206. The predicted octanol–water partition coefficient (Wildman–Crippen LogP) is 2.13. The second kappa shape index (κ2) is 4.19. The first-order chi connectivity index (χ1) is 7.61. The summed E-state index contributed by atoms with van der Waals surface area (Å²) in [6.45, 7) is 8.73. The molecule has 0 amide bonds. The molecule has 2 nitrogen and oxygen atoms in total. The van der Waals surface area contributed by atoms with E-state index in [0.29, 0.717) is 6.04 Å². The quantitative estimate of drug-likeness (QED) is 0.842. The van der Waals surface area contributed by atoms with Gasteiger partial charge in [-0.3, -0.25) is 4.90 Å². The van der Waals surface area contributed by atoms with E-state index in [9.17, 15) is 0 Å². The summed E-state index contributed by atoms with van der Waals surface area (Å²) in [5.74, 6) is 0. The summed E-state index contributed by atoms with van der Waals surface area (Å²) in [5, 5.41) is 0. The fourth-order valence-corrected chi connectivity index (χ4v) is 3.00. The van der Waals surface area contributed by atoms with Gasteiger partial charge in [0.1, 0.15) is 0 Å². The average molecular weight is 218 g/mol. The van der Waals surface area contributed by atoms with Crippen LogP contribution in [0.2, 0.25) is 0 Å². The summed E-state index contributed by atoms with van der Waals surface area (Å²) in [7, 11) is 0. The molecule has 0 fully saturated rings. The summed E-state index contributed by atoms with van der Waals surface area (Å²) in [6.07, 6.45) is 1.09. The molecule has 0 aliphatic heterocycles. The van der Waals surface area contributed by atoms with Gasteiger partial charge in [0, 0.05) is 6.04 Å². The highest BCUT2D eigenvalue weighted by molar-refractivity contribution is 5.40. The molecular formula is C14H22N2. The molecule has 0 bridgehead atoms. The van der Waals surface area contributed by atoms with Gasteiger partial charge < -0.3 is 5.73 Å². The molecule has 0 spiro atoms. The van der Waals surface area contributed by atoms with E-state index >= 15 is 0 Å². The lowest BCUT2D eigenvalue weighted by Gasteiger charge is -2.36. The zero-order chi connectivity index (χ0) is 11.8. The molecule has 2 atom stereocenters. The van der Waals surface area contributed by atoms with E-state index in [4.69, 9.17) is 5.73 Å². The van der Waals surface area contributed by atoms with Crippen molar-refractivity contribution < 1.29 is 0 Å². The first-order valence-corrected chi connectivity index (χ1v) is 6.22. The third kappa shape index (κ3) is 1.66. The van der Waals surface area contributed by atoms with Crippen LogP contribution in [0.15, 0.2) is 24.3 Å². The third-order valence-electron chi connectivity index (χ3n) is 3.96. The van der Waals surface area contributed by atoms with Crippen LogP contribution in [0.1, 0.15) is 31.9 Å². The van der Waals surface area contributed by atoms with Crippen LogP contribution in [0.25, 0.3) is 0 Å². The maximum absolute atomic E-state index is 6.54. The number of benzene rings is 1. The summed E-state index contributed by atoms with van der Waals surface area (Å²) in [5.41, 5.74) is 9.08. The monoisotopic (exact) mass is 218 g/mol. The molecule has 0 aromatic heterocycles. The molecule has 2 N–H and O–H groups in total. The second-order valence-electron chi connectivity index (χ2n) is 4.88. The van der Waals surface area contributed by atoms with Gasteiger partial charge in [-0.15, -0.1) is 0 Å². The van der Waals surface area contributed by atoms with Crippen molar-refractivity contribution in [2.45, 2.75) is 38.8 Å². The van der Waals surface area contributed by atoms with E-state index in [-0.39, 0.29) is 5.54 Å². The van der Waals surface area contributed by atoms with Crippen molar-refractivity contribution in [3.05, 3.63) is 35.4 Å². The molecule has 16 heavy (non-hydrogen) atoms. The Hall–Kier alpha value is -0.860. The normalized spacial score (nSPS) is 28.4. The van der Waals surface area contributed by atoms with Crippen molar-refractivity contribution in [2.24, 2.45) is 5.73 Å². The molecule has 2 heteroatoms. The highest BCUT2D eigenvalue weighted by Crippen LogP contribution is 2.37. The lowest BCUT2D eigenvalue weighted by atomic mass is 9.91. The summed E-state index contributed by atoms with van der Waals surface area (Å²) in [4.78, 5) is 2.47. The van der Waals surface area contributed by atoms with Gasteiger partial charge in [-0.05, 0) is 37.6 Å². The van der Waals surface area contributed by atoms with Crippen molar-refractivity contribution >= 4 is 0 Å². The van der Waals surface area contributed by atoms with E-state index in [0.717, 1.165) is 19.5 Å². The Morgan fingerprint density at radius 1 is 1.31 bits per heavy atom. The number of hydrogen-bond acceptors (Lipinski definition) is 2. The molecule has 88 valence electrons. The molecule has 1 aromatic carbocycles. The lowest BCUT2D eigenvalue weighted by molar-refractivity contribution is 0.153. The van der Waals surface area contributed by atoms with Gasteiger partial charge in [0.2, 0.25) is 0 Å². The van der Waals surface area contributed by atoms with E-state index in [1.807, 2.05) is 0 Å². The lowest BCUT2D eigenvalue weighted by Crippen LogP contribution is -2.52. The topological polar surface area (TPSA) is 29.3 Å². The summed E-state index contributed by atoms with van der Waals surface area (Å²) >= 11 is 0. The van der Waals surface area contributed by atoms with Crippen LogP contribution >= 0.6 is 0 Å². The molecule has 2 unspecified atom stereocenters. The van der Waals surface area contributed by atoms with Crippen LogP contribution in [-0.4, -0.2) is 24.0 Å². The van der Waals surface area contributed by atoms with Crippen LogP contribution in [0, 0.1) is 0 Å². The fraction of sp³-hybridized carbons (Fsp3) is 0.571. The van der Waals surface area contributed by atoms with Crippen molar-refractivity contribution in [2.75, 3.05) is 13.1 Å². The standard InChI is InChI=1S/C14H22N2/c1-4-16(5-2)13-10-11-8-6-7-9-12(11)14(13,3)15/h6-9,13H,4-5,10,15H2,1-3H3. The van der Waals surface area contributed by atoms with Crippen LogP contribution in [0.4, 0.5) is 0 Å². The Kier molecular flexibility index (Phi) is 3.04. The van der Waals surface area contributed by atoms with Gasteiger partial charge in [0.15, 0.2) is 0 Å². The van der Waals surface area contributed by atoms with Crippen LogP contribution in [0.3, 0.4) is 0 Å². The number of rotatable bonds is 3. The molecule has 1 aliphatic carbocycles. The van der Waals surface area contributed by atoms with E-state index in [1.54, 1.807) is 0 Å². The van der Waals surface area contributed by atoms with Gasteiger partial charge in [0.05, 0.1) is 5.54 Å². The SMILES string of the molecule is CCN(CC)C1Cc2ccccc2C1(C)N. The summed E-state index contributed by atoms with van der Waals surface area (Å²) in [6, 6.07) is 9.04. The number of hydrogen-bond donors (Lipinski definition) is 1. The van der Waals surface area contributed by atoms with Gasteiger partial charge in [-0.25, -0.2) is 0 Å². The molecular weight excluding hydrogens is 196 g/mol. The first-order valence-electron chi connectivity index (χ1n) is 6.22. The largest absolute Gasteiger partial charge is 0.320 e. The highest BCUT2D eigenvalue weighted by Gasteiger charge is 2.41. The maximum atomic E-state index is 6.54. The zero-order valence-corrected chi connectivity index (χ0v) is 10.5. The molecule has 0 heterocycles. The molecule has 0 saturated carbocycles. The minimum absolute atomic E-state index is 0.206.